The molecule has 4 N–H and O–H groups in total. The third-order valence-corrected chi connectivity index (χ3v) is 2.39. The Balaban J connectivity index is 2.66. The molecule has 78 valence electrons. The topological polar surface area (TPSA) is 90.2 Å². The van der Waals surface area contributed by atoms with Gasteiger partial charge in [-0.1, -0.05) is 6.92 Å². The monoisotopic (exact) mass is 192 g/mol. The smallest absolute Gasteiger partial charge is 0.111 e. The van der Waals surface area contributed by atoms with Crippen LogP contribution < -0.4 is 0 Å². The number of aliphatic hydroxyl groups excluding tert-OH is 4. The van der Waals surface area contributed by atoms with Gasteiger partial charge >= 0.3 is 0 Å². The molecule has 1 fully saturated rings. The van der Waals surface area contributed by atoms with Crippen LogP contribution in [0.3, 0.4) is 0 Å². The Bertz CT molecular complexity index is 143. The molecule has 0 spiro atoms. The molecular formula is C8H16O5. The molecule has 1 aliphatic rings. The van der Waals surface area contributed by atoms with Crippen LogP contribution in [-0.4, -0.2) is 57.6 Å². The fourth-order valence-corrected chi connectivity index (χ4v) is 1.52. The van der Waals surface area contributed by atoms with E-state index in [9.17, 15) is 15.3 Å². The molecule has 5 nitrogen and oxygen atoms in total. The maximum Gasteiger partial charge on any atom is 0.111 e. The molecule has 5 atom stereocenters. The molecule has 5 heteroatoms. The lowest BCUT2D eigenvalue weighted by atomic mass is 9.94. The van der Waals surface area contributed by atoms with E-state index in [1.165, 1.54) is 0 Å². The van der Waals surface area contributed by atoms with Gasteiger partial charge in [-0.3, -0.25) is 0 Å². The lowest BCUT2D eigenvalue weighted by Gasteiger charge is -2.39. The summed E-state index contributed by atoms with van der Waals surface area (Å²) in [6, 6.07) is 0. The fourth-order valence-electron chi connectivity index (χ4n) is 1.52. The van der Waals surface area contributed by atoms with Gasteiger partial charge < -0.3 is 25.2 Å². The number of aliphatic hydroxyl groups is 4. The second-order valence-corrected chi connectivity index (χ2v) is 3.28. The third kappa shape index (κ3) is 2.00. The maximum atomic E-state index is 9.40. The van der Waals surface area contributed by atoms with Crippen LogP contribution in [0, 0.1) is 0 Å². The summed E-state index contributed by atoms with van der Waals surface area (Å²) >= 11 is 0. The van der Waals surface area contributed by atoms with Gasteiger partial charge in [0.25, 0.3) is 0 Å². The van der Waals surface area contributed by atoms with Crippen LogP contribution in [0.25, 0.3) is 0 Å². The fraction of sp³-hybridized carbons (Fsp3) is 1.00. The highest BCUT2D eigenvalue weighted by Gasteiger charge is 2.42. The van der Waals surface area contributed by atoms with Gasteiger partial charge in [-0.25, -0.2) is 0 Å². The second kappa shape index (κ2) is 4.34. The van der Waals surface area contributed by atoms with Crippen molar-refractivity contribution < 1.29 is 25.2 Å². The quantitative estimate of drug-likeness (QED) is 0.416. The summed E-state index contributed by atoms with van der Waals surface area (Å²) in [5.41, 5.74) is 0. The zero-order chi connectivity index (χ0) is 10.0. The molecule has 0 amide bonds. The maximum absolute atomic E-state index is 9.40. The summed E-state index contributed by atoms with van der Waals surface area (Å²) in [5, 5.41) is 36.9. The van der Waals surface area contributed by atoms with E-state index in [0.717, 1.165) is 0 Å². The molecular weight excluding hydrogens is 176 g/mol. The predicted molar refractivity (Wildman–Crippen MR) is 44.1 cm³/mol. The van der Waals surface area contributed by atoms with Gasteiger partial charge in [-0.2, -0.15) is 0 Å². The largest absolute Gasteiger partial charge is 0.394 e. The minimum absolute atomic E-state index is 0.360. The lowest BCUT2D eigenvalue weighted by Crippen LogP contribution is -2.58. The second-order valence-electron chi connectivity index (χ2n) is 3.28. The Morgan fingerprint density at radius 1 is 1.00 bits per heavy atom. The van der Waals surface area contributed by atoms with Crippen molar-refractivity contribution >= 4 is 0 Å². The molecule has 0 aromatic carbocycles. The number of hydrogen-bond donors (Lipinski definition) is 4. The zero-order valence-electron chi connectivity index (χ0n) is 7.50. The van der Waals surface area contributed by atoms with Crippen molar-refractivity contribution in [2.45, 2.75) is 43.9 Å². The van der Waals surface area contributed by atoms with Gasteiger partial charge in [0.2, 0.25) is 0 Å². The van der Waals surface area contributed by atoms with Crippen molar-refractivity contribution in [2.24, 2.45) is 0 Å². The van der Waals surface area contributed by atoms with Crippen LogP contribution in [0.4, 0.5) is 0 Å². The Hall–Kier alpha value is -0.200. The third-order valence-electron chi connectivity index (χ3n) is 2.39. The first-order chi connectivity index (χ1) is 6.11. The molecule has 0 bridgehead atoms. The molecule has 0 aliphatic carbocycles. The van der Waals surface area contributed by atoms with Crippen molar-refractivity contribution in [3.8, 4) is 0 Å². The van der Waals surface area contributed by atoms with Crippen molar-refractivity contribution in [1.29, 1.82) is 0 Å². The Morgan fingerprint density at radius 2 is 1.54 bits per heavy atom. The molecule has 0 radical (unpaired) electrons. The molecule has 1 rings (SSSR count). The standard InChI is InChI=1S/C8H16O5/c1-2-4-6(10)8(12)7(11)5(3-9)13-4/h4-12H,2-3H2,1H3/t4-,5?,6?,7-,8?/m0/s1. The van der Waals surface area contributed by atoms with Crippen molar-refractivity contribution in [3.63, 3.8) is 0 Å². The summed E-state index contributed by atoms with van der Waals surface area (Å²) < 4.78 is 5.17. The van der Waals surface area contributed by atoms with E-state index >= 15 is 0 Å². The molecule has 0 aromatic heterocycles. The van der Waals surface area contributed by atoms with Gasteiger partial charge in [0.05, 0.1) is 12.7 Å². The van der Waals surface area contributed by atoms with Crippen molar-refractivity contribution in [2.75, 3.05) is 6.61 Å². The number of ether oxygens (including phenoxy) is 1. The van der Waals surface area contributed by atoms with E-state index in [1.54, 1.807) is 6.92 Å². The van der Waals surface area contributed by atoms with Crippen LogP contribution in [0.15, 0.2) is 0 Å². The molecule has 1 aliphatic heterocycles. The SMILES string of the molecule is CC[C@@H]1OC(CO)[C@H](O)C(O)C1O. The van der Waals surface area contributed by atoms with Crippen LogP contribution >= 0.6 is 0 Å². The van der Waals surface area contributed by atoms with Gasteiger partial charge in [0.15, 0.2) is 0 Å². The summed E-state index contributed by atoms with van der Waals surface area (Å²) in [5.74, 6) is 0. The lowest BCUT2D eigenvalue weighted by molar-refractivity contribution is -0.229. The van der Waals surface area contributed by atoms with Crippen LogP contribution in [0.5, 0.6) is 0 Å². The van der Waals surface area contributed by atoms with Crippen molar-refractivity contribution in [3.05, 3.63) is 0 Å². The highest BCUT2D eigenvalue weighted by molar-refractivity contribution is 4.91. The summed E-state index contributed by atoms with van der Waals surface area (Å²) in [4.78, 5) is 0. The molecule has 3 unspecified atom stereocenters. The summed E-state index contributed by atoms with van der Waals surface area (Å²) in [6.45, 7) is 1.44. The highest BCUT2D eigenvalue weighted by Crippen LogP contribution is 2.22. The predicted octanol–water partition coefficient (Wildman–Crippen LogP) is -1.76. The molecule has 13 heavy (non-hydrogen) atoms. The molecule has 1 heterocycles. The van der Waals surface area contributed by atoms with E-state index in [0.29, 0.717) is 6.42 Å². The van der Waals surface area contributed by atoms with Gasteiger partial charge in [-0.15, -0.1) is 0 Å². The molecule has 1 saturated heterocycles. The van der Waals surface area contributed by atoms with E-state index < -0.39 is 30.5 Å². The van der Waals surface area contributed by atoms with Crippen LogP contribution in [-0.2, 0) is 4.74 Å². The zero-order valence-corrected chi connectivity index (χ0v) is 7.50. The van der Waals surface area contributed by atoms with E-state index in [2.05, 4.69) is 0 Å². The van der Waals surface area contributed by atoms with Gasteiger partial charge in [-0.05, 0) is 6.42 Å². The number of rotatable bonds is 2. The number of hydrogen-bond acceptors (Lipinski definition) is 5. The van der Waals surface area contributed by atoms with Crippen LogP contribution in [0.2, 0.25) is 0 Å². The minimum Gasteiger partial charge on any atom is -0.394 e. The Kier molecular flexibility index (Phi) is 3.63. The van der Waals surface area contributed by atoms with E-state index in [1.807, 2.05) is 0 Å². The summed E-state index contributed by atoms with van der Waals surface area (Å²) in [6.07, 6.45) is -4.33. The highest BCUT2D eigenvalue weighted by atomic mass is 16.5. The molecule has 0 aromatic rings. The average Bonchev–Trinajstić information content (AvgIpc) is 2.15. The van der Waals surface area contributed by atoms with Gasteiger partial charge in [0, 0.05) is 0 Å². The normalized spacial score (nSPS) is 46.4. The first-order valence-corrected chi connectivity index (χ1v) is 4.42. The first kappa shape index (κ1) is 10.9. The molecule has 0 saturated carbocycles. The van der Waals surface area contributed by atoms with Gasteiger partial charge in [0.1, 0.15) is 24.4 Å². The summed E-state index contributed by atoms with van der Waals surface area (Å²) in [7, 11) is 0. The Morgan fingerprint density at radius 3 is 2.00 bits per heavy atom. The minimum atomic E-state index is -1.24. The van der Waals surface area contributed by atoms with E-state index in [-0.39, 0.29) is 6.61 Å². The Labute approximate surface area is 76.6 Å². The van der Waals surface area contributed by atoms with Crippen molar-refractivity contribution in [1.82, 2.24) is 0 Å². The average molecular weight is 192 g/mol. The first-order valence-electron chi connectivity index (χ1n) is 4.42. The van der Waals surface area contributed by atoms with Crippen LogP contribution in [0.1, 0.15) is 13.3 Å². The van der Waals surface area contributed by atoms with E-state index in [4.69, 9.17) is 9.84 Å².